The molecule has 0 amide bonds. The van der Waals surface area contributed by atoms with Gasteiger partial charge in [-0.05, 0) is 24.3 Å². The third-order valence-electron chi connectivity index (χ3n) is 5.28. The first-order valence-corrected chi connectivity index (χ1v) is 9.15. The van der Waals surface area contributed by atoms with Crippen molar-refractivity contribution in [3.05, 3.63) is 53.9 Å². The van der Waals surface area contributed by atoms with Gasteiger partial charge in [0.25, 0.3) is 0 Å². The van der Waals surface area contributed by atoms with Crippen LogP contribution >= 0.6 is 0 Å². The summed E-state index contributed by atoms with van der Waals surface area (Å²) < 4.78 is 7.51. The van der Waals surface area contributed by atoms with Crippen molar-refractivity contribution in [2.24, 2.45) is 7.05 Å². The molecule has 138 valence electrons. The highest BCUT2D eigenvalue weighted by Crippen LogP contribution is 2.27. The van der Waals surface area contributed by atoms with Crippen LogP contribution in [-0.2, 0) is 13.6 Å². The van der Waals surface area contributed by atoms with Gasteiger partial charge in [0.1, 0.15) is 17.6 Å². The number of nitriles is 1. The molecule has 0 spiro atoms. The summed E-state index contributed by atoms with van der Waals surface area (Å²) in [6.07, 6.45) is 0. The molecule has 0 bridgehead atoms. The van der Waals surface area contributed by atoms with Gasteiger partial charge in [0, 0.05) is 39.3 Å². The predicted molar refractivity (Wildman–Crippen MR) is 106 cm³/mol. The normalized spacial score (nSPS) is 15.1. The Labute approximate surface area is 159 Å². The van der Waals surface area contributed by atoms with Gasteiger partial charge in [-0.3, -0.25) is 4.90 Å². The van der Waals surface area contributed by atoms with Gasteiger partial charge in [-0.1, -0.05) is 12.1 Å². The Hall–Kier alpha value is -3.04. The summed E-state index contributed by atoms with van der Waals surface area (Å²) in [7, 11) is 3.73. The van der Waals surface area contributed by atoms with Crippen molar-refractivity contribution in [3.8, 4) is 11.8 Å². The van der Waals surface area contributed by atoms with Crippen LogP contribution in [0, 0.1) is 11.3 Å². The monoisotopic (exact) mass is 361 g/mol. The van der Waals surface area contributed by atoms with Crippen molar-refractivity contribution < 1.29 is 4.74 Å². The molecule has 3 aromatic rings. The van der Waals surface area contributed by atoms with Crippen molar-refractivity contribution in [1.82, 2.24) is 14.5 Å². The third-order valence-corrected chi connectivity index (χ3v) is 5.28. The average molecular weight is 361 g/mol. The lowest BCUT2D eigenvalue weighted by Crippen LogP contribution is -2.46. The molecule has 1 fully saturated rings. The van der Waals surface area contributed by atoms with Crippen molar-refractivity contribution in [3.63, 3.8) is 0 Å². The molecule has 2 heterocycles. The van der Waals surface area contributed by atoms with Crippen LogP contribution in [0.25, 0.3) is 11.0 Å². The maximum absolute atomic E-state index is 9.42. The van der Waals surface area contributed by atoms with E-state index in [0.29, 0.717) is 5.56 Å². The summed E-state index contributed by atoms with van der Waals surface area (Å²) in [6.45, 7) is 4.47. The fourth-order valence-electron chi connectivity index (χ4n) is 3.68. The molecular formula is C21H23N5O. The van der Waals surface area contributed by atoms with Crippen LogP contribution in [0.15, 0.2) is 42.5 Å². The second kappa shape index (κ2) is 7.29. The summed E-state index contributed by atoms with van der Waals surface area (Å²) in [5.74, 6) is 1.87. The van der Waals surface area contributed by atoms with Gasteiger partial charge in [0.2, 0.25) is 0 Å². The first-order valence-electron chi connectivity index (χ1n) is 9.15. The van der Waals surface area contributed by atoms with E-state index in [0.717, 1.165) is 55.5 Å². The van der Waals surface area contributed by atoms with E-state index in [1.807, 2.05) is 30.3 Å². The maximum Gasteiger partial charge on any atom is 0.123 e. The molecule has 6 heteroatoms. The van der Waals surface area contributed by atoms with Gasteiger partial charge >= 0.3 is 0 Å². The standard InChI is InChI=1S/C21H23N5O/c1-24-19-6-4-3-5-18(19)23-21(24)15-25-9-11-26(12-10-25)20-13-17(27-2)8-7-16(20)14-22/h3-8,13H,9-12,15H2,1-2H3. The van der Waals surface area contributed by atoms with E-state index in [1.54, 1.807) is 7.11 Å². The Morgan fingerprint density at radius 1 is 1.11 bits per heavy atom. The number of nitrogens with zero attached hydrogens (tertiary/aromatic N) is 5. The molecule has 4 rings (SSSR count). The number of hydrogen-bond acceptors (Lipinski definition) is 5. The number of hydrogen-bond donors (Lipinski definition) is 0. The Bertz CT molecular complexity index is 995. The van der Waals surface area contributed by atoms with Gasteiger partial charge in [-0.2, -0.15) is 5.26 Å². The van der Waals surface area contributed by atoms with Crippen LogP contribution in [0.1, 0.15) is 11.4 Å². The molecule has 0 radical (unpaired) electrons. The summed E-state index contributed by atoms with van der Waals surface area (Å²) in [6, 6.07) is 16.2. The Morgan fingerprint density at radius 2 is 1.89 bits per heavy atom. The lowest BCUT2D eigenvalue weighted by Gasteiger charge is -2.36. The van der Waals surface area contributed by atoms with E-state index >= 15 is 0 Å². The number of imidazole rings is 1. The molecule has 1 aliphatic rings. The van der Waals surface area contributed by atoms with Gasteiger partial charge in [0.05, 0.1) is 35.9 Å². The fraction of sp³-hybridized carbons (Fsp3) is 0.333. The van der Waals surface area contributed by atoms with Crippen molar-refractivity contribution >= 4 is 16.7 Å². The Kier molecular flexibility index (Phi) is 4.69. The molecule has 0 unspecified atom stereocenters. The molecule has 0 N–H and O–H groups in total. The number of aromatic nitrogens is 2. The predicted octanol–water partition coefficient (Wildman–Crippen LogP) is 2.78. The lowest BCUT2D eigenvalue weighted by molar-refractivity contribution is 0.242. The van der Waals surface area contributed by atoms with Crippen LogP contribution in [0.4, 0.5) is 5.69 Å². The summed E-state index contributed by atoms with van der Waals surface area (Å²) >= 11 is 0. The minimum atomic E-state index is 0.694. The average Bonchev–Trinajstić information content (AvgIpc) is 3.04. The molecule has 0 atom stereocenters. The SMILES string of the molecule is COc1ccc(C#N)c(N2CCN(Cc3nc4ccccc4n3C)CC2)c1. The molecule has 1 saturated heterocycles. The third kappa shape index (κ3) is 3.34. The summed E-state index contributed by atoms with van der Waals surface area (Å²) in [5.41, 5.74) is 3.86. The van der Waals surface area contributed by atoms with E-state index in [9.17, 15) is 5.26 Å². The van der Waals surface area contributed by atoms with Crippen LogP contribution in [0.2, 0.25) is 0 Å². The first kappa shape index (κ1) is 17.4. The maximum atomic E-state index is 9.42. The number of aryl methyl sites for hydroxylation is 1. The molecule has 0 aliphatic carbocycles. The molecule has 1 aliphatic heterocycles. The van der Waals surface area contributed by atoms with Crippen molar-refractivity contribution in [1.29, 1.82) is 5.26 Å². The number of anilines is 1. The van der Waals surface area contributed by atoms with Gasteiger partial charge < -0.3 is 14.2 Å². The van der Waals surface area contributed by atoms with Crippen molar-refractivity contribution in [2.75, 3.05) is 38.2 Å². The second-order valence-corrected chi connectivity index (χ2v) is 6.83. The lowest BCUT2D eigenvalue weighted by atomic mass is 10.1. The van der Waals surface area contributed by atoms with E-state index in [-0.39, 0.29) is 0 Å². The summed E-state index contributed by atoms with van der Waals surface area (Å²) in [5, 5.41) is 9.42. The molecule has 6 nitrogen and oxygen atoms in total. The number of rotatable bonds is 4. The quantitative estimate of drug-likeness (QED) is 0.715. The van der Waals surface area contributed by atoms with Crippen LogP contribution in [0.3, 0.4) is 0 Å². The van der Waals surface area contributed by atoms with E-state index in [4.69, 9.17) is 9.72 Å². The largest absolute Gasteiger partial charge is 0.497 e. The van der Waals surface area contributed by atoms with Crippen molar-refractivity contribution in [2.45, 2.75) is 6.54 Å². The fourth-order valence-corrected chi connectivity index (χ4v) is 3.68. The number of piperazine rings is 1. The molecule has 1 aromatic heterocycles. The highest BCUT2D eigenvalue weighted by atomic mass is 16.5. The summed E-state index contributed by atoms with van der Waals surface area (Å²) in [4.78, 5) is 9.47. The van der Waals surface area contributed by atoms with E-state index in [2.05, 4.69) is 39.6 Å². The van der Waals surface area contributed by atoms with E-state index in [1.165, 1.54) is 5.52 Å². The Morgan fingerprint density at radius 3 is 2.59 bits per heavy atom. The van der Waals surface area contributed by atoms with Gasteiger partial charge in [-0.15, -0.1) is 0 Å². The highest BCUT2D eigenvalue weighted by molar-refractivity contribution is 5.75. The number of benzene rings is 2. The van der Waals surface area contributed by atoms with Crippen LogP contribution in [-0.4, -0.2) is 47.7 Å². The molecular weight excluding hydrogens is 338 g/mol. The van der Waals surface area contributed by atoms with Gasteiger partial charge in [-0.25, -0.2) is 4.98 Å². The minimum absolute atomic E-state index is 0.694. The van der Waals surface area contributed by atoms with Crippen LogP contribution in [0.5, 0.6) is 5.75 Å². The molecule has 0 saturated carbocycles. The number of methoxy groups -OCH3 is 1. The number of para-hydroxylation sites is 2. The van der Waals surface area contributed by atoms with Crippen LogP contribution < -0.4 is 9.64 Å². The highest BCUT2D eigenvalue weighted by Gasteiger charge is 2.21. The van der Waals surface area contributed by atoms with Gasteiger partial charge in [0.15, 0.2) is 0 Å². The second-order valence-electron chi connectivity index (χ2n) is 6.83. The van der Waals surface area contributed by atoms with E-state index < -0.39 is 0 Å². The number of fused-ring (bicyclic) bond motifs is 1. The zero-order valence-corrected chi connectivity index (χ0v) is 15.7. The molecule has 27 heavy (non-hydrogen) atoms. The zero-order valence-electron chi connectivity index (χ0n) is 15.7. The molecule has 2 aromatic carbocycles. The smallest absolute Gasteiger partial charge is 0.123 e. The zero-order chi connectivity index (χ0) is 18.8. The Balaban J connectivity index is 1.46. The number of ether oxygens (including phenoxy) is 1. The first-order chi connectivity index (χ1) is 13.2. The topological polar surface area (TPSA) is 57.3 Å². The minimum Gasteiger partial charge on any atom is -0.497 e.